The molecule has 0 unspecified atom stereocenters. The highest BCUT2D eigenvalue weighted by molar-refractivity contribution is 5.98. The number of hydrogen-bond donors (Lipinski definition) is 0. The fraction of sp³-hybridized carbons (Fsp3) is 0.280. The van der Waals surface area contributed by atoms with E-state index >= 15 is 0 Å². The average molecular weight is 420 g/mol. The molecule has 160 valence electrons. The Labute approximate surface area is 181 Å². The number of ether oxygens (including phenoxy) is 1. The molecule has 2 heterocycles. The molecule has 2 aromatic carbocycles. The van der Waals surface area contributed by atoms with Gasteiger partial charge in [-0.25, -0.2) is 9.37 Å². The SMILES string of the molecule is COc1cc(/C=C2\CCCN(CCc3ccccc3)C2=O)c(F)cc1-n1cnc(C)c1. The number of halogens is 1. The van der Waals surface area contributed by atoms with Crippen molar-refractivity contribution in [3.63, 3.8) is 0 Å². The van der Waals surface area contributed by atoms with E-state index in [1.54, 1.807) is 30.1 Å². The zero-order chi connectivity index (χ0) is 21.8. The third-order valence-electron chi connectivity index (χ3n) is 5.57. The van der Waals surface area contributed by atoms with Crippen molar-refractivity contribution in [2.75, 3.05) is 20.2 Å². The Morgan fingerprint density at radius 1 is 1.23 bits per heavy atom. The smallest absolute Gasteiger partial charge is 0.249 e. The number of aromatic nitrogens is 2. The molecule has 1 aliphatic heterocycles. The summed E-state index contributed by atoms with van der Waals surface area (Å²) in [5.41, 5.74) is 3.59. The number of imidazole rings is 1. The predicted octanol–water partition coefficient (Wildman–Crippen LogP) is 4.58. The van der Waals surface area contributed by atoms with Crippen LogP contribution in [0.3, 0.4) is 0 Å². The van der Waals surface area contributed by atoms with Gasteiger partial charge < -0.3 is 14.2 Å². The summed E-state index contributed by atoms with van der Waals surface area (Å²) in [5.74, 6) is 0.105. The number of amides is 1. The van der Waals surface area contributed by atoms with Crippen LogP contribution in [0.5, 0.6) is 5.75 Å². The van der Waals surface area contributed by atoms with Crippen molar-refractivity contribution in [2.24, 2.45) is 0 Å². The van der Waals surface area contributed by atoms with E-state index in [2.05, 4.69) is 17.1 Å². The number of hydrogen-bond acceptors (Lipinski definition) is 3. The topological polar surface area (TPSA) is 47.4 Å². The van der Waals surface area contributed by atoms with Crippen LogP contribution in [-0.2, 0) is 11.2 Å². The first-order valence-electron chi connectivity index (χ1n) is 10.5. The lowest BCUT2D eigenvalue weighted by molar-refractivity contribution is -0.128. The van der Waals surface area contributed by atoms with Gasteiger partial charge in [0.15, 0.2) is 0 Å². The quantitative estimate of drug-likeness (QED) is 0.550. The molecule has 0 radical (unpaired) electrons. The maximum Gasteiger partial charge on any atom is 0.249 e. The van der Waals surface area contributed by atoms with Crippen LogP contribution in [0.1, 0.15) is 29.7 Å². The van der Waals surface area contributed by atoms with E-state index in [1.807, 2.05) is 36.2 Å². The van der Waals surface area contributed by atoms with Crippen LogP contribution in [0, 0.1) is 12.7 Å². The molecule has 5 nitrogen and oxygen atoms in total. The molecule has 0 atom stereocenters. The number of nitrogens with zero attached hydrogens (tertiary/aromatic N) is 3. The van der Waals surface area contributed by atoms with E-state index in [-0.39, 0.29) is 5.91 Å². The molecule has 4 rings (SSSR count). The molecule has 1 fully saturated rings. The van der Waals surface area contributed by atoms with Crippen LogP contribution in [0.2, 0.25) is 0 Å². The Hall–Kier alpha value is -3.41. The Kier molecular flexibility index (Phi) is 6.16. The summed E-state index contributed by atoms with van der Waals surface area (Å²) in [4.78, 5) is 19.1. The largest absolute Gasteiger partial charge is 0.495 e. The van der Waals surface area contributed by atoms with Crippen molar-refractivity contribution in [2.45, 2.75) is 26.2 Å². The third-order valence-corrected chi connectivity index (χ3v) is 5.57. The molecule has 31 heavy (non-hydrogen) atoms. The fourth-order valence-corrected chi connectivity index (χ4v) is 3.90. The molecule has 6 heteroatoms. The summed E-state index contributed by atoms with van der Waals surface area (Å²) in [6.07, 6.45) is 7.42. The summed E-state index contributed by atoms with van der Waals surface area (Å²) < 4.78 is 22.2. The average Bonchev–Trinajstić information content (AvgIpc) is 3.22. The lowest BCUT2D eigenvalue weighted by Crippen LogP contribution is -2.38. The first-order chi connectivity index (χ1) is 15.0. The van der Waals surface area contributed by atoms with Crippen molar-refractivity contribution < 1.29 is 13.9 Å². The fourth-order valence-electron chi connectivity index (χ4n) is 3.90. The van der Waals surface area contributed by atoms with E-state index in [0.29, 0.717) is 35.5 Å². The van der Waals surface area contributed by atoms with Gasteiger partial charge in [0.25, 0.3) is 0 Å². The molecule has 1 saturated heterocycles. The number of likely N-dealkylation sites (tertiary alicyclic amines) is 1. The van der Waals surface area contributed by atoms with Crippen molar-refractivity contribution in [1.82, 2.24) is 14.5 Å². The molecule has 1 aromatic heterocycles. The first kappa shape index (κ1) is 20.8. The third kappa shape index (κ3) is 4.68. The minimum Gasteiger partial charge on any atom is -0.495 e. The van der Waals surface area contributed by atoms with Crippen LogP contribution < -0.4 is 4.74 Å². The zero-order valence-electron chi connectivity index (χ0n) is 17.8. The van der Waals surface area contributed by atoms with E-state index in [4.69, 9.17) is 4.74 Å². The van der Waals surface area contributed by atoms with Gasteiger partial charge >= 0.3 is 0 Å². The number of carbonyl (C=O) groups excluding carboxylic acids is 1. The molecular weight excluding hydrogens is 393 g/mol. The van der Waals surface area contributed by atoms with Crippen LogP contribution in [0.25, 0.3) is 11.8 Å². The Morgan fingerprint density at radius 3 is 2.74 bits per heavy atom. The van der Waals surface area contributed by atoms with Crippen molar-refractivity contribution in [3.05, 3.63) is 83.2 Å². The number of rotatable bonds is 6. The highest BCUT2D eigenvalue weighted by atomic mass is 19.1. The number of aryl methyl sites for hydroxylation is 1. The van der Waals surface area contributed by atoms with Crippen LogP contribution in [0.4, 0.5) is 4.39 Å². The van der Waals surface area contributed by atoms with Gasteiger partial charge in [0, 0.05) is 36.5 Å². The van der Waals surface area contributed by atoms with E-state index in [9.17, 15) is 9.18 Å². The maximum atomic E-state index is 14.9. The number of methoxy groups -OCH3 is 1. The molecule has 1 aliphatic rings. The molecule has 0 aliphatic carbocycles. The zero-order valence-corrected chi connectivity index (χ0v) is 17.8. The highest BCUT2D eigenvalue weighted by Gasteiger charge is 2.23. The monoisotopic (exact) mass is 419 g/mol. The summed E-state index contributed by atoms with van der Waals surface area (Å²) >= 11 is 0. The molecule has 3 aromatic rings. The Balaban J connectivity index is 1.56. The number of piperidine rings is 1. The lowest BCUT2D eigenvalue weighted by Gasteiger charge is -2.28. The summed E-state index contributed by atoms with van der Waals surface area (Å²) in [5, 5.41) is 0. The molecule has 0 saturated carbocycles. The van der Waals surface area contributed by atoms with Gasteiger partial charge in [0.2, 0.25) is 5.91 Å². The van der Waals surface area contributed by atoms with E-state index in [1.165, 1.54) is 11.6 Å². The Bertz CT molecular complexity index is 1110. The molecular formula is C25H26FN3O2. The van der Waals surface area contributed by atoms with E-state index < -0.39 is 5.82 Å². The summed E-state index contributed by atoms with van der Waals surface area (Å²) in [6, 6.07) is 13.2. The second-order valence-corrected chi connectivity index (χ2v) is 7.77. The van der Waals surface area contributed by atoms with Gasteiger partial charge in [-0.2, -0.15) is 0 Å². The normalized spacial score (nSPS) is 15.5. The molecule has 0 spiro atoms. The molecule has 0 bridgehead atoms. The summed E-state index contributed by atoms with van der Waals surface area (Å²) in [7, 11) is 1.55. The molecule has 1 amide bonds. The van der Waals surface area contributed by atoms with Gasteiger partial charge in [-0.1, -0.05) is 30.3 Å². The van der Waals surface area contributed by atoms with Crippen LogP contribution in [0.15, 0.2) is 60.6 Å². The lowest BCUT2D eigenvalue weighted by atomic mass is 9.99. The predicted molar refractivity (Wildman–Crippen MR) is 119 cm³/mol. The van der Waals surface area contributed by atoms with Crippen molar-refractivity contribution in [1.29, 1.82) is 0 Å². The van der Waals surface area contributed by atoms with Gasteiger partial charge in [0.05, 0.1) is 24.8 Å². The minimum atomic E-state index is -0.399. The molecule has 0 N–H and O–H groups in total. The highest BCUT2D eigenvalue weighted by Crippen LogP contribution is 2.29. The second kappa shape index (κ2) is 9.16. The van der Waals surface area contributed by atoms with E-state index in [0.717, 1.165) is 25.1 Å². The van der Waals surface area contributed by atoms with Crippen LogP contribution >= 0.6 is 0 Å². The number of benzene rings is 2. The maximum absolute atomic E-state index is 14.9. The van der Waals surface area contributed by atoms with Crippen molar-refractivity contribution in [3.8, 4) is 11.4 Å². The van der Waals surface area contributed by atoms with Crippen molar-refractivity contribution >= 4 is 12.0 Å². The Morgan fingerprint density at radius 2 is 2.03 bits per heavy atom. The standard InChI is InChI=1S/C25H26FN3O2/c1-18-16-29(17-27-18)23-15-22(26)21(14-24(23)31-2)13-20-9-6-11-28(25(20)30)12-10-19-7-4-3-5-8-19/h3-5,7-8,13-17H,6,9-12H2,1-2H3/b20-13+. The van der Waals surface area contributed by atoms with Crippen LogP contribution in [-0.4, -0.2) is 40.6 Å². The van der Waals surface area contributed by atoms with Gasteiger partial charge in [-0.3, -0.25) is 4.79 Å². The minimum absolute atomic E-state index is 0.0186. The van der Waals surface area contributed by atoms with Gasteiger partial charge in [-0.05, 0) is 43.9 Å². The van der Waals surface area contributed by atoms with Gasteiger partial charge in [-0.15, -0.1) is 0 Å². The second-order valence-electron chi connectivity index (χ2n) is 7.77. The van der Waals surface area contributed by atoms with Gasteiger partial charge in [0.1, 0.15) is 11.6 Å². The number of carbonyl (C=O) groups is 1. The summed E-state index contributed by atoms with van der Waals surface area (Å²) in [6.45, 7) is 3.26. The first-order valence-corrected chi connectivity index (χ1v) is 10.5.